The van der Waals surface area contributed by atoms with Gasteiger partial charge in [-0.05, 0) is 70.0 Å². The van der Waals surface area contributed by atoms with Gasteiger partial charge in [-0.25, -0.2) is 0 Å². The van der Waals surface area contributed by atoms with E-state index in [0.29, 0.717) is 24.2 Å². The molecule has 0 amide bonds. The number of hydrogen-bond acceptors (Lipinski definition) is 7. The number of carbonyl (C=O) groups excluding carboxylic acids is 1. The quantitative estimate of drug-likeness (QED) is 0.165. The van der Waals surface area contributed by atoms with E-state index in [1.807, 2.05) is 40.1 Å². The van der Waals surface area contributed by atoms with Crippen molar-refractivity contribution in [3.63, 3.8) is 0 Å². The molecule has 3 N–H and O–H groups in total. The number of ether oxygens (including phenoxy) is 1. The highest BCUT2D eigenvalue weighted by Gasteiger charge is 2.47. The van der Waals surface area contributed by atoms with E-state index in [1.165, 1.54) is 31.5 Å². The molecule has 2 fully saturated rings. The van der Waals surface area contributed by atoms with Crippen molar-refractivity contribution in [2.45, 2.75) is 78.2 Å². The summed E-state index contributed by atoms with van der Waals surface area (Å²) in [6.45, 7) is 12.8. The van der Waals surface area contributed by atoms with Crippen molar-refractivity contribution in [1.29, 1.82) is 0 Å². The predicted molar refractivity (Wildman–Crippen MR) is 150 cm³/mol. The Kier molecular flexibility index (Phi) is 12.8. The van der Waals surface area contributed by atoms with Crippen LogP contribution >= 0.6 is 0 Å². The van der Waals surface area contributed by atoms with Crippen molar-refractivity contribution in [3.05, 3.63) is 47.6 Å². The van der Waals surface area contributed by atoms with Crippen LogP contribution in [0.4, 0.5) is 0 Å². The van der Waals surface area contributed by atoms with Gasteiger partial charge in [-0.15, -0.1) is 0 Å². The van der Waals surface area contributed by atoms with Crippen LogP contribution in [0.25, 0.3) is 0 Å². The monoisotopic (exact) mass is 499 g/mol. The molecule has 1 atom stereocenters. The molecule has 202 valence electrons. The molecule has 1 saturated carbocycles. The Morgan fingerprint density at radius 2 is 2.06 bits per heavy atom. The number of rotatable bonds is 13. The first kappa shape index (κ1) is 29.7. The lowest BCUT2D eigenvalue weighted by atomic mass is 9.94. The predicted octanol–water partition coefficient (Wildman–Crippen LogP) is 4.74. The molecule has 1 unspecified atom stereocenters. The number of allylic oxidation sites excluding steroid dienone is 2. The lowest BCUT2D eigenvalue weighted by Gasteiger charge is -2.31. The second-order valence-electron chi connectivity index (χ2n) is 9.72. The van der Waals surface area contributed by atoms with Crippen molar-refractivity contribution in [2.24, 2.45) is 16.6 Å². The first-order valence-electron chi connectivity index (χ1n) is 13.9. The smallest absolute Gasteiger partial charge is 0.216 e. The van der Waals surface area contributed by atoms with Gasteiger partial charge >= 0.3 is 0 Å². The summed E-state index contributed by atoms with van der Waals surface area (Å²) in [5.41, 5.74) is 7.90. The minimum absolute atomic E-state index is 0.377. The summed E-state index contributed by atoms with van der Waals surface area (Å²) in [6, 6.07) is 0. The second-order valence-corrected chi connectivity index (χ2v) is 9.72. The molecule has 3 aliphatic rings. The van der Waals surface area contributed by atoms with Crippen LogP contribution in [0.1, 0.15) is 72.6 Å². The van der Waals surface area contributed by atoms with Crippen LogP contribution in [0.3, 0.4) is 0 Å². The Morgan fingerprint density at radius 3 is 2.67 bits per heavy atom. The summed E-state index contributed by atoms with van der Waals surface area (Å²) in [5.74, 6) is 1.25. The van der Waals surface area contributed by atoms with Gasteiger partial charge in [0.25, 0.3) is 0 Å². The molecule has 2 aliphatic carbocycles. The Hall–Kier alpha value is -2.54. The third-order valence-electron chi connectivity index (χ3n) is 6.95. The maximum atomic E-state index is 12.0. The Bertz CT molecular complexity index is 833. The number of carbonyl (C=O) groups is 1. The van der Waals surface area contributed by atoms with E-state index < -0.39 is 5.54 Å². The number of unbranched alkanes of at least 4 members (excludes halogenated alkanes) is 1. The summed E-state index contributed by atoms with van der Waals surface area (Å²) < 4.78 is 5.92. The molecule has 0 aromatic rings. The molecular weight excluding hydrogens is 450 g/mol. The molecule has 7 heteroatoms. The largest absolute Gasteiger partial charge is 0.478 e. The van der Waals surface area contributed by atoms with E-state index in [-0.39, 0.29) is 0 Å². The van der Waals surface area contributed by atoms with Crippen molar-refractivity contribution in [3.8, 4) is 0 Å². The Balaban J connectivity index is 0.00000222. The summed E-state index contributed by atoms with van der Waals surface area (Å²) >= 11 is 0. The zero-order chi connectivity index (χ0) is 26.4. The molecule has 1 aliphatic heterocycles. The number of aliphatic imine (C=N–C) groups is 1. The molecule has 0 bridgehead atoms. The van der Waals surface area contributed by atoms with Gasteiger partial charge in [-0.1, -0.05) is 45.4 Å². The van der Waals surface area contributed by atoms with Crippen LogP contribution in [0.15, 0.2) is 52.6 Å². The second kappa shape index (κ2) is 15.5. The van der Waals surface area contributed by atoms with Crippen LogP contribution in [-0.2, 0) is 9.53 Å². The fourth-order valence-electron chi connectivity index (χ4n) is 4.42. The van der Waals surface area contributed by atoms with Crippen molar-refractivity contribution < 1.29 is 9.53 Å². The third-order valence-corrected chi connectivity index (χ3v) is 6.95. The number of nitrogens with two attached hydrogens (primary N) is 1. The number of hydrogen-bond donors (Lipinski definition) is 2. The number of aldehydes is 1. The molecule has 0 radical (unpaired) electrons. The van der Waals surface area contributed by atoms with Gasteiger partial charge in [-0.3, -0.25) is 4.90 Å². The van der Waals surface area contributed by atoms with Crippen LogP contribution in [0.5, 0.6) is 0 Å². The van der Waals surface area contributed by atoms with E-state index in [1.54, 1.807) is 0 Å². The fraction of sp³-hybridized carbons (Fsp3) is 0.655. The normalized spacial score (nSPS) is 21.9. The van der Waals surface area contributed by atoms with Gasteiger partial charge < -0.3 is 25.5 Å². The van der Waals surface area contributed by atoms with E-state index in [4.69, 9.17) is 10.5 Å². The molecule has 1 heterocycles. The molecule has 1 saturated heterocycles. The average molecular weight is 500 g/mol. The standard InChI is InChI=1S/C27H43N5O2.C2H6/c1-4-5-17-34-25(30-26(28)22(2)29-3)11-16-32(27(21-33)12-13-27)20-24-10-8-9-23(18-24)19-31-14-6-7-15-31;1-2/h8-9,11,16,18,21,24,29H,4-7,10,12-15,17,19-20,28H2,1-3H3;1-2H3/b16-11+,26-22+,30-25+;. The zero-order valence-corrected chi connectivity index (χ0v) is 23.3. The van der Waals surface area contributed by atoms with Crippen molar-refractivity contribution in [2.75, 3.05) is 39.8 Å². The first-order valence-corrected chi connectivity index (χ1v) is 13.9. The van der Waals surface area contributed by atoms with Gasteiger partial charge in [0.05, 0.1) is 17.8 Å². The van der Waals surface area contributed by atoms with E-state index >= 15 is 0 Å². The molecule has 36 heavy (non-hydrogen) atoms. The topological polar surface area (TPSA) is 83.2 Å². The number of nitrogens with zero attached hydrogens (tertiary/aromatic N) is 3. The van der Waals surface area contributed by atoms with Crippen LogP contribution in [-0.4, -0.2) is 67.4 Å². The minimum atomic E-state index is -0.405. The van der Waals surface area contributed by atoms with E-state index in [9.17, 15) is 4.79 Å². The van der Waals surface area contributed by atoms with Gasteiger partial charge in [0.2, 0.25) is 5.90 Å². The van der Waals surface area contributed by atoms with Crippen molar-refractivity contribution in [1.82, 2.24) is 15.1 Å². The summed E-state index contributed by atoms with van der Waals surface area (Å²) in [4.78, 5) is 21.2. The molecule has 7 nitrogen and oxygen atoms in total. The fourth-order valence-corrected chi connectivity index (χ4v) is 4.42. The third kappa shape index (κ3) is 9.16. The van der Waals surface area contributed by atoms with Crippen molar-refractivity contribution >= 4 is 12.2 Å². The molecule has 0 aromatic carbocycles. The molecule has 0 spiro atoms. The average Bonchev–Trinajstić information content (AvgIpc) is 3.54. The minimum Gasteiger partial charge on any atom is -0.478 e. The van der Waals surface area contributed by atoms with Gasteiger partial charge in [0, 0.05) is 32.4 Å². The van der Waals surface area contributed by atoms with Gasteiger partial charge in [-0.2, -0.15) is 4.99 Å². The molecular formula is C29H49N5O2. The summed E-state index contributed by atoms with van der Waals surface area (Å²) in [6.07, 6.45) is 19.3. The van der Waals surface area contributed by atoms with E-state index in [0.717, 1.165) is 57.2 Å². The van der Waals surface area contributed by atoms with Gasteiger partial charge in [0.1, 0.15) is 12.1 Å². The highest BCUT2D eigenvalue weighted by Crippen LogP contribution is 2.41. The van der Waals surface area contributed by atoms with Crippen LogP contribution in [0.2, 0.25) is 0 Å². The summed E-state index contributed by atoms with van der Waals surface area (Å²) in [5, 5.41) is 3.02. The maximum Gasteiger partial charge on any atom is 0.216 e. The number of nitrogens with one attached hydrogen (secondary N) is 1. The lowest BCUT2D eigenvalue weighted by Crippen LogP contribution is -2.38. The highest BCUT2D eigenvalue weighted by molar-refractivity contribution is 5.88. The number of likely N-dealkylation sites (tertiary alicyclic amines) is 1. The molecule has 3 rings (SSSR count). The summed E-state index contributed by atoms with van der Waals surface area (Å²) in [7, 11) is 1.82. The lowest BCUT2D eigenvalue weighted by molar-refractivity contribution is -0.112. The zero-order valence-electron chi connectivity index (χ0n) is 23.3. The first-order chi connectivity index (χ1) is 17.5. The van der Waals surface area contributed by atoms with Crippen LogP contribution in [0, 0.1) is 5.92 Å². The van der Waals surface area contributed by atoms with E-state index in [2.05, 4.69) is 45.3 Å². The SMILES string of the molecule is CC.CCCCOC(/C=C/N(CC1C=C(CN2CCCC2)C=CC1)C1(C=O)CC1)=N/C(N)=C(\C)NC. The van der Waals surface area contributed by atoms with Crippen LogP contribution < -0.4 is 11.1 Å². The maximum absolute atomic E-state index is 12.0. The molecule has 0 aromatic heterocycles. The van der Waals surface area contributed by atoms with Gasteiger partial charge in [0.15, 0.2) is 0 Å². The Morgan fingerprint density at radius 1 is 1.33 bits per heavy atom. The Labute approximate surface area is 219 Å². The highest BCUT2D eigenvalue weighted by atomic mass is 16.5.